The van der Waals surface area contributed by atoms with Crippen LogP contribution in [0, 0.1) is 0 Å². The summed E-state index contributed by atoms with van der Waals surface area (Å²) in [5.74, 6) is 0. The fraction of sp³-hybridized carbons (Fsp3) is 1.00. The summed E-state index contributed by atoms with van der Waals surface area (Å²) in [6, 6.07) is 0.649. The van der Waals surface area contributed by atoms with Crippen LogP contribution in [-0.4, -0.2) is 31.5 Å². The van der Waals surface area contributed by atoms with Crippen LogP contribution in [0.1, 0.15) is 25.7 Å². The summed E-state index contributed by atoms with van der Waals surface area (Å²) in [6.45, 7) is 1.67. The van der Waals surface area contributed by atoms with Crippen molar-refractivity contribution in [1.29, 1.82) is 0 Å². The van der Waals surface area contributed by atoms with Crippen molar-refractivity contribution >= 4 is 0 Å². The van der Waals surface area contributed by atoms with Crippen LogP contribution in [-0.2, 0) is 4.74 Å². The van der Waals surface area contributed by atoms with Crippen LogP contribution >= 0.6 is 0 Å². The van der Waals surface area contributed by atoms with Crippen molar-refractivity contribution in [2.24, 2.45) is 0 Å². The smallest absolute Gasteiger partial charge is 0.115 e. The van der Waals surface area contributed by atoms with Crippen molar-refractivity contribution in [3.63, 3.8) is 0 Å². The van der Waals surface area contributed by atoms with E-state index in [1.165, 1.54) is 0 Å². The molecule has 12 heavy (non-hydrogen) atoms. The molecule has 2 nitrogen and oxygen atoms in total. The maximum Gasteiger partial charge on any atom is 0.115 e. The van der Waals surface area contributed by atoms with Crippen LogP contribution in [0.25, 0.3) is 0 Å². The largest absolute Gasteiger partial charge is 0.381 e. The van der Waals surface area contributed by atoms with Crippen molar-refractivity contribution in [3.05, 3.63) is 0 Å². The molecule has 0 radical (unpaired) electrons. The highest BCUT2D eigenvalue weighted by Gasteiger charge is 2.32. The van der Waals surface area contributed by atoms with E-state index >= 15 is 0 Å². The minimum absolute atomic E-state index is 0.146. The van der Waals surface area contributed by atoms with E-state index in [1.807, 2.05) is 0 Å². The number of ether oxygens (including phenoxy) is 1. The maximum atomic E-state index is 12.8. The summed E-state index contributed by atoms with van der Waals surface area (Å²) in [5, 5.41) is 3.35. The van der Waals surface area contributed by atoms with Gasteiger partial charge in [0.1, 0.15) is 6.17 Å². The molecule has 1 saturated carbocycles. The second-order valence-electron chi connectivity index (χ2n) is 3.75. The Hall–Kier alpha value is -0.150. The SMILES string of the molecule is FC1CCC1NC1CCOCC1. The lowest BCUT2D eigenvalue weighted by atomic mass is 9.89. The van der Waals surface area contributed by atoms with E-state index in [0.717, 1.165) is 38.9 Å². The van der Waals surface area contributed by atoms with Gasteiger partial charge in [-0.25, -0.2) is 4.39 Å². The third kappa shape index (κ3) is 1.77. The topological polar surface area (TPSA) is 21.3 Å². The van der Waals surface area contributed by atoms with Gasteiger partial charge >= 0.3 is 0 Å². The summed E-state index contributed by atoms with van der Waals surface area (Å²) < 4.78 is 18.1. The molecule has 2 unspecified atom stereocenters. The van der Waals surface area contributed by atoms with Gasteiger partial charge < -0.3 is 10.1 Å². The van der Waals surface area contributed by atoms with E-state index < -0.39 is 6.17 Å². The van der Waals surface area contributed by atoms with Crippen molar-refractivity contribution < 1.29 is 9.13 Å². The molecule has 1 aliphatic carbocycles. The fourth-order valence-corrected chi connectivity index (χ4v) is 1.81. The lowest BCUT2D eigenvalue weighted by Crippen LogP contribution is -2.51. The summed E-state index contributed by atoms with van der Waals surface area (Å²) >= 11 is 0. The number of rotatable bonds is 2. The zero-order valence-electron chi connectivity index (χ0n) is 7.26. The molecule has 2 atom stereocenters. The highest BCUT2D eigenvalue weighted by molar-refractivity contribution is 4.89. The van der Waals surface area contributed by atoms with Gasteiger partial charge in [-0.05, 0) is 25.7 Å². The van der Waals surface area contributed by atoms with Crippen LogP contribution in [0.2, 0.25) is 0 Å². The Balaban J connectivity index is 1.70. The molecular weight excluding hydrogens is 157 g/mol. The predicted molar refractivity (Wildman–Crippen MR) is 44.9 cm³/mol. The minimum Gasteiger partial charge on any atom is -0.381 e. The van der Waals surface area contributed by atoms with Gasteiger partial charge in [0.05, 0.1) is 0 Å². The molecule has 1 aliphatic heterocycles. The quantitative estimate of drug-likeness (QED) is 0.678. The molecule has 0 aromatic heterocycles. The molecule has 2 rings (SSSR count). The Morgan fingerprint density at radius 2 is 1.83 bits per heavy atom. The molecule has 1 saturated heterocycles. The van der Waals surface area contributed by atoms with E-state index in [9.17, 15) is 4.39 Å². The number of hydrogen-bond acceptors (Lipinski definition) is 2. The number of hydrogen-bond donors (Lipinski definition) is 1. The first-order valence-corrected chi connectivity index (χ1v) is 4.84. The van der Waals surface area contributed by atoms with Gasteiger partial charge in [-0.1, -0.05) is 0 Å². The van der Waals surface area contributed by atoms with Gasteiger partial charge in [-0.2, -0.15) is 0 Å². The number of halogens is 1. The number of alkyl halides is 1. The van der Waals surface area contributed by atoms with Gasteiger partial charge in [0.2, 0.25) is 0 Å². The molecule has 0 spiro atoms. The van der Waals surface area contributed by atoms with E-state index in [1.54, 1.807) is 0 Å². The van der Waals surface area contributed by atoms with Crippen molar-refractivity contribution in [3.8, 4) is 0 Å². The van der Waals surface area contributed by atoms with Gasteiger partial charge in [0.15, 0.2) is 0 Å². The molecule has 1 N–H and O–H groups in total. The summed E-state index contributed by atoms with van der Waals surface area (Å²) in [4.78, 5) is 0. The Labute approximate surface area is 72.5 Å². The molecule has 0 aromatic carbocycles. The van der Waals surface area contributed by atoms with Gasteiger partial charge in [0, 0.05) is 25.3 Å². The lowest BCUT2D eigenvalue weighted by Gasteiger charge is -2.36. The van der Waals surface area contributed by atoms with Crippen LogP contribution in [0.4, 0.5) is 4.39 Å². The van der Waals surface area contributed by atoms with Crippen molar-refractivity contribution in [1.82, 2.24) is 5.32 Å². The first kappa shape index (κ1) is 8.45. The second-order valence-corrected chi connectivity index (χ2v) is 3.75. The minimum atomic E-state index is -0.590. The Morgan fingerprint density at radius 1 is 1.08 bits per heavy atom. The highest BCUT2D eigenvalue weighted by Crippen LogP contribution is 2.24. The molecule has 0 bridgehead atoms. The van der Waals surface area contributed by atoms with Gasteiger partial charge in [-0.3, -0.25) is 0 Å². The van der Waals surface area contributed by atoms with Crippen molar-refractivity contribution in [2.45, 2.75) is 43.9 Å². The van der Waals surface area contributed by atoms with Crippen LogP contribution < -0.4 is 5.32 Å². The molecule has 70 valence electrons. The van der Waals surface area contributed by atoms with E-state index in [0.29, 0.717) is 6.04 Å². The molecule has 0 aromatic rings. The van der Waals surface area contributed by atoms with E-state index in [2.05, 4.69) is 5.32 Å². The zero-order valence-corrected chi connectivity index (χ0v) is 7.26. The Morgan fingerprint density at radius 3 is 2.33 bits per heavy atom. The first-order chi connectivity index (χ1) is 5.86. The van der Waals surface area contributed by atoms with E-state index in [4.69, 9.17) is 4.74 Å². The Kier molecular flexibility index (Phi) is 2.61. The third-order valence-corrected chi connectivity index (χ3v) is 2.86. The monoisotopic (exact) mass is 173 g/mol. The second kappa shape index (κ2) is 3.71. The maximum absolute atomic E-state index is 12.8. The zero-order chi connectivity index (χ0) is 8.39. The molecule has 2 fully saturated rings. The predicted octanol–water partition coefficient (Wildman–Crippen LogP) is 1.26. The van der Waals surface area contributed by atoms with Gasteiger partial charge in [-0.15, -0.1) is 0 Å². The molecule has 2 aliphatic rings. The summed E-state index contributed by atoms with van der Waals surface area (Å²) in [5.41, 5.74) is 0. The molecule has 3 heteroatoms. The third-order valence-electron chi connectivity index (χ3n) is 2.86. The summed E-state index contributed by atoms with van der Waals surface area (Å²) in [6.07, 6.45) is 3.26. The lowest BCUT2D eigenvalue weighted by molar-refractivity contribution is 0.0574. The average Bonchev–Trinajstić information content (AvgIpc) is 2.14. The molecule has 0 amide bonds. The van der Waals surface area contributed by atoms with Gasteiger partial charge in [0.25, 0.3) is 0 Å². The standard InChI is InChI=1S/C9H16FNO/c10-8-1-2-9(8)11-7-3-5-12-6-4-7/h7-9,11H,1-6H2. The summed E-state index contributed by atoms with van der Waals surface area (Å²) in [7, 11) is 0. The first-order valence-electron chi connectivity index (χ1n) is 4.84. The normalized spacial score (nSPS) is 37.8. The molecular formula is C9H16FNO. The van der Waals surface area contributed by atoms with Crippen LogP contribution in [0.5, 0.6) is 0 Å². The number of nitrogens with one attached hydrogen (secondary N) is 1. The molecule has 1 heterocycles. The fourth-order valence-electron chi connectivity index (χ4n) is 1.81. The van der Waals surface area contributed by atoms with Crippen LogP contribution in [0.15, 0.2) is 0 Å². The average molecular weight is 173 g/mol. The Bertz CT molecular complexity index is 147. The highest BCUT2D eigenvalue weighted by atomic mass is 19.1. The van der Waals surface area contributed by atoms with E-state index in [-0.39, 0.29) is 6.04 Å². The van der Waals surface area contributed by atoms with Crippen LogP contribution in [0.3, 0.4) is 0 Å². The van der Waals surface area contributed by atoms with Crippen molar-refractivity contribution in [2.75, 3.05) is 13.2 Å².